The number of para-hydroxylation sites is 1. The van der Waals surface area contributed by atoms with Gasteiger partial charge in [-0.1, -0.05) is 44.7 Å². The highest BCUT2D eigenvalue weighted by molar-refractivity contribution is 5.94. The summed E-state index contributed by atoms with van der Waals surface area (Å²) in [6, 6.07) is 16.1. The smallest absolute Gasteiger partial charge is 0.265 e. The molecule has 0 fully saturated rings. The van der Waals surface area contributed by atoms with Crippen LogP contribution in [0, 0.1) is 17.2 Å². The van der Waals surface area contributed by atoms with Crippen LogP contribution in [-0.4, -0.2) is 18.6 Å². The van der Waals surface area contributed by atoms with E-state index in [0.717, 1.165) is 0 Å². The molecule has 0 aliphatic rings. The maximum atomic E-state index is 12.7. The third-order valence-corrected chi connectivity index (χ3v) is 3.59. The second-order valence-electron chi connectivity index (χ2n) is 6.01. The lowest BCUT2D eigenvalue weighted by Crippen LogP contribution is -2.37. The fraction of sp³-hybridized carbons (Fsp3) is 0.238. The molecular formula is C21H22N2O3. The second kappa shape index (κ2) is 9.28. The van der Waals surface area contributed by atoms with Gasteiger partial charge in [-0.3, -0.25) is 4.79 Å². The molecule has 2 aromatic carbocycles. The number of nitriles is 1. The number of hydrogen-bond donors (Lipinski definition) is 1. The first-order chi connectivity index (χ1) is 12.5. The lowest BCUT2D eigenvalue weighted by molar-refractivity contribution is -0.124. The largest absolute Gasteiger partial charge is 0.489 e. The maximum Gasteiger partial charge on any atom is 0.265 e. The van der Waals surface area contributed by atoms with Crippen LogP contribution in [0.1, 0.15) is 19.4 Å². The van der Waals surface area contributed by atoms with Gasteiger partial charge in [-0.05, 0) is 30.2 Å². The predicted octanol–water partition coefficient (Wildman–Crippen LogP) is 4.17. The van der Waals surface area contributed by atoms with Crippen molar-refractivity contribution in [2.24, 2.45) is 5.92 Å². The Morgan fingerprint density at radius 1 is 1.27 bits per heavy atom. The Labute approximate surface area is 153 Å². The minimum absolute atomic E-state index is 0.0815. The molecule has 134 valence electrons. The van der Waals surface area contributed by atoms with Gasteiger partial charge in [0.1, 0.15) is 24.2 Å². The fourth-order valence-electron chi connectivity index (χ4n) is 2.32. The Morgan fingerprint density at radius 2 is 2.04 bits per heavy atom. The highest BCUT2D eigenvalue weighted by Gasteiger charge is 2.25. The van der Waals surface area contributed by atoms with E-state index in [0.29, 0.717) is 29.4 Å². The van der Waals surface area contributed by atoms with E-state index >= 15 is 0 Å². The van der Waals surface area contributed by atoms with Crippen molar-refractivity contribution in [1.29, 1.82) is 5.26 Å². The molecule has 2 rings (SSSR count). The number of ether oxygens (including phenoxy) is 2. The highest BCUT2D eigenvalue weighted by Crippen LogP contribution is 2.23. The number of nitrogens with zero attached hydrogens (tertiary/aromatic N) is 1. The zero-order valence-electron chi connectivity index (χ0n) is 14.9. The first kappa shape index (κ1) is 19.1. The summed E-state index contributed by atoms with van der Waals surface area (Å²) in [4.78, 5) is 12.7. The van der Waals surface area contributed by atoms with Gasteiger partial charge in [-0.15, -0.1) is 0 Å². The summed E-state index contributed by atoms with van der Waals surface area (Å²) in [5, 5.41) is 12.0. The lowest BCUT2D eigenvalue weighted by Gasteiger charge is -2.22. The van der Waals surface area contributed by atoms with E-state index in [2.05, 4.69) is 18.0 Å². The number of benzene rings is 2. The van der Waals surface area contributed by atoms with Gasteiger partial charge in [0.2, 0.25) is 0 Å². The van der Waals surface area contributed by atoms with Crippen LogP contribution in [0.25, 0.3) is 0 Å². The van der Waals surface area contributed by atoms with Gasteiger partial charge in [-0.25, -0.2) is 0 Å². The molecular weight excluding hydrogens is 328 g/mol. The van der Waals surface area contributed by atoms with Crippen LogP contribution in [0.2, 0.25) is 0 Å². The number of rotatable bonds is 8. The fourth-order valence-corrected chi connectivity index (χ4v) is 2.32. The van der Waals surface area contributed by atoms with Crippen LogP contribution < -0.4 is 14.8 Å². The van der Waals surface area contributed by atoms with Crippen molar-refractivity contribution >= 4 is 11.6 Å². The van der Waals surface area contributed by atoms with Crippen LogP contribution in [0.3, 0.4) is 0 Å². The second-order valence-corrected chi connectivity index (χ2v) is 6.01. The van der Waals surface area contributed by atoms with E-state index in [-0.39, 0.29) is 11.8 Å². The van der Waals surface area contributed by atoms with E-state index in [1.807, 2.05) is 13.8 Å². The molecule has 5 nitrogen and oxygen atoms in total. The van der Waals surface area contributed by atoms with Gasteiger partial charge >= 0.3 is 0 Å². The third kappa shape index (κ3) is 5.12. The number of hydrogen-bond acceptors (Lipinski definition) is 4. The van der Waals surface area contributed by atoms with Crippen molar-refractivity contribution in [1.82, 2.24) is 0 Å². The quantitative estimate of drug-likeness (QED) is 0.726. The van der Waals surface area contributed by atoms with Crippen molar-refractivity contribution in [3.05, 3.63) is 66.7 Å². The Balaban J connectivity index is 2.14. The summed E-state index contributed by atoms with van der Waals surface area (Å²) in [6.45, 7) is 7.78. The average molecular weight is 350 g/mol. The first-order valence-electron chi connectivity index (χ1n) is 8.35. The van der Waals surface area contributed by atoms with Crippen LogP contribution in [0.5, 0.6) is 11.5 Å². The molecule has 0 aliphatic heterocycles. The van der Waals surface area contributed by atoms with Gasteiger partial charge in [0.25, 0.3) is 5.91 Å². The average Bonchev–Trinajstić information content (AvgIpc) is 2.64. The molecule has 0 bridgehead atoms. The minimum Gasteiger partial charge on any atom is -0.489 e. The van der Waals surface area contributed by atoms with Crippen LogP contribution >= 0.6 is 0 Å². The number of nitrogens with one attached hydrogen (secondary N) is 1. The minimum atomic E-state index is -0.734. The molecule has 26 heavy (non-hydrogen) atoms. The molecule has 0 aliphatic carbocycles. The number of anilines is 1. The van der Waals surface area contributed by atoms with E-state index in [1.165, 1.54) is 0 Å². The standard InChI is InChI=1S/C21H22N2O3/c1-4-12-25-18-10-7-9-17(13-18)23-21(24)20(15(2)3)26-19-11-6-5-8-16(19)14-22/h4-11,13,15,20H,1,12H2,2-3H3,(H,23,24). The summed E-state index contributed by atoms with van der Waals surface area (Å²) in [6.07, 6.45) is 0.919. The molecule has 0 heterocycles. The van der Waals surface area contributed by atoms with Crippen molar-refractivity contribution < 1.29 is 14.3 Å². The Morgan fingerprint density at radius 3 is 2.73 bits per heavy atom. The summed E-state index contributed by atoms with van der Waals surface area (Å²) in [5.41, 5.74) is 1.00. The lowest BCUT2D eigenvalue weighted by atomic mass is 10.1. The Hall–Kier alpha value is -3.26. The molecule has 1 amide bonds. The van der Waals surface area contributed by atoms with Gasteiger partial charge < -0.3 is 14.8 Å². The van der Waals surface area contributed by atoms with Crippen molar-refractivity contribution in [3.8, 4) is 17.6 Å². The van der Waals surface area contributed by atoms with Gasteiger partial charge in [0.05, 0.1) is 5.56 Å². The van der Waals surface area contributed by atoms with Gasteiger partial charge in [-0.2, -0.15) is 5.26 Å². The third-order valence-electron chi connectivity index (χ3n) is 3.59. The van der Waals surface area contributed by atoms with E-state index < -0.39 is 6.10 Å². The van der Waals surface area contributed by atoms with Gasteiger partial charge in [0.15, 0.2) is 6.10 Å². The monoisotopic (exact) mass is 350 g/mol. The molecule has 1 N–H and O–H groups in total. The predicted molar refractivity (Wildman–Crippen MR) is 101 cm³/mol. The highest BCUT2D eigenvalue weighted by atomic mass is 16.5. The number of carbonyl (C=O) groups excluding carboxylic acids is 1. The van der Waals surface area contributed by atoms with Crippen LogP contribution in [-0.2, 0) is 4.79 Å². The molecule has 1 atom stereocenters. The van der Waals surface area contributed by atoms with E-state index in [1.54, 1.807) is 54.6 Å². The Bertz CT molecular complexity index is 809. The summed E-state index contributed by atoms with van der Waals surface area (Å²) in [5.74, 6) is 0.669. The van der Waals surface area contributed by atoms with Gasteiger partial charge in [0, 0.05) is 11.8 Å². The topological polar surface area (TPSA) is 71.3 Å². The SMILES string of the molecule is C=CCOc1cccc(NC(=O)C(Oc2ccccc2C#N)C(C)C)c1. The molecule has 0 saturated heterocycles. The normalized spacial score (nSPS) is 11.3. The molecule has 0 spiro atoms. The van der Waals surface area contributed by atoms with Crippen molar-refractivity contribution in [2.45, 2.75) is 20.0 Å². The number of amides is 1. The van der Waals surface area contributed by atoms with Crippen LogP contribution in [0.4, 0.5) is 5.69 Å². The summed E-state index contributed by atoms with van der Waals surface area (Å²) in [7, 11) is 0. The summed E-state index contributed by atoms with van der Waals surface area (Å²) < 4.78 is 11.3. The molecule has 0 radical (unpaired) electrons. The molecule has 5 heteroatoms. The molecule has 2 aromatic rings. The zero-order valence-corrected chi connectivity index (χ0v) is 14.9. The maximum absolute atomic E-state index is 12.7. The zero-order chi connectivity index (χ0) is 18.9. The molecule has 1 unspecified atom stereocenters. The van der Waals surface area contributed by atoms with Crippen LogP contribution in [0.15, 0.2) is 61.2 Å². The first-order valence-corrected chi connectivity index (χ1v) is 8.35. The molecule has 0 aromatic heterocycles. The Kier molecular flexibility index (Phi) is 6.81. The van der Waals surface area contributed by atoms with Crippen molar-refractivity contribution in [3.63, 3.8) is 0 Å². The van der Waals surface area contributed by atoms with Crippen molar-refractivity contribution in [2.75, 3.05) is 11.9 Å². The summed E-state index contributed by atoms with van der Waals surface area (Å²) >= 11 is 0. The molecule has 0 saturated carbocycles. The van der Waals surface area contributed by atoms with E-state index in [9.17, 15) is 10.1 Å². The number of carbonyl (C=O) groups is 1. The van der Waals surface area contributed by atoms with E-state index in [4.69, 9.17) is 9.47 Å².